The van der Waals surface area contributed by atoms with Gasteiger partial charge in [0.25, 0.3) is 5.91 Å². The minimum atomic E-state index is -1.00. The maximum Gasteiger partial charge on any atom is 0.339 e. The molecule has 1 fully saturated rings. The van der Waals surface area contributed by atoms with Crippen molar-refractivity contribution >= 4 is 11.9 Å². The molecule has 9 heteroatoms. The summed E-state index contributed by atoms with van der Waals surface area (Å²) < 4.78 is 3.36. The Labute approximate surface area is 196 Å². The fourth-order valence-corrected chi connectivity index (χ4v) is 4.35. The lowest BCUT2D eigenvalue weighted by atomic mass is 10.0. The number of carbonyl (C=O) groups excluding carboxylic acids is 1. The molecule has 34 heavy (non-hydrogen) atoms. The van der Waals surface area contributed by atoms with Crippen LogP contribution in [0.25, 0.3) is 16.8 Å². The Morgan fingerprint density at radius 1 is 1.06 bits per heavy atom. The van der Waals surface area contributed by atoms with E-state index < -0.39 is 5.97 Å². The van der Waals surface area contributed by atoms with Crippen LogP contribution in [0.3, 0.4) is 0 Å². The van der Waals surface area contributed by atoms with Crippen molar-refractivity contribution in [1.82, 2.24) is 29.7 Å². The van der Waals surface area contributed by atoms with E-state index in [0.29, 0.717) is 11.3 Å². The first kappa shape index (κ1) is 21.6. The summed E-state index contributed by atoms with van der Waals surface area (Å²) in [6.45, 7) is 0. The summed E-state index contributed by atoms with van der Waals surface area (Å²) >= 11 is 0. The average molecular weight is 457 g/mol. The van der Waals surface area contributed by atoms with Crippen molar-refractivity contribution in [2.24, 2.45) is 7.05 Å². The molecule has 0 radical (unpaired) electrons. The molecule has 172 valence electrons. The molecule has 0 aliphatic heterocycles. The molecule has 9 nitrogen and oxygen atoms in total. The number of aromatic carboxylic acids is 1. The fraction of sp³-hybridized carbons (Fsp3) is 0.240. The Bertz CT molecular complexity index is 1400. The third kappa shape index (κ3) is 3.85. The SMILES string of the molecule is CN(C)C(=O)c1cccc(-c2cccc(-n3ncc(C(=O)O)c3[C@@H]3C[C@H]3c3cn(C)nn3)c2)c1. The molecule has 2 heterocycles. The predicted molar refractivity (Wildman–Crippen MR) is 125 cm³/mol. The van der Waals surface area contributed by atoms with Crippen LogP contribution < -0.4 is 0 Å². The number of carboxylic acids is 1. The monoisotopic (exact) mass is 456 g/mol. The number of hydrogen-bond acceptors (Lipinski definition) is 5. The van der Waals surface area contributed by atoms with Crippen molar-refractivity contribution in [1.29, 1.82) is 0 Å². The highest BCUT2D eigenvalue weighted by molar-refractivity contribution is 5.95. The van der Waals surface area contributed by atoms with Gasteiger partial charge in [0.2, 0.25) is 0 Å². The Balaban J connectivity index is 1.53. The van der Waals surface area contributed by atoms with Gasteiger partial charge in [-0.2, -0.15) is 5.10 Å². The Morgan fingerprint density at radius 3 is 2.47 bits per heavy atom. The number of rotatable bonds is 6. The number of aryl methyl sites for hydroxylation is 1. The van der Waals surface area contributed by atoms with Crippen molar-refractivity contribution in [3.05, 3.63) is 83.4 Å². The minimum Gasteiger partial charge on any atom is -0.478 e. The first-order valence-corrected chi connectivity index (χ1v) is 10.9. The lowest BCUT2D eigenvalue weighted by Crippen LogP contribution is -2.21. The van der Waals surface area contributed by atoms with Gasteiger partial charge in [0, 0.05) is 44.7 Å². The maximum atomic E-state index is 12.4. The largest absolute Gasteiger partial charge is 0.478 e. The normalized spacial score (nSPS) is 16.9. The van der Waals surface area contributed by atoms with Crippen molar-refractivity contribution in [2.45, 2.75) is 18.3 Å². The van der Waals surface area contributed by atoms with E-state index in [0.717, 1.165) is 28.9 Å². The number of carbonyl (C=O) groups is 2. The zero-order valence-electron chi connectivity index (χ0n) is 19.1. The van der Waals surface area contributed by atoms with E-state index in [2.05, 4.69) is 15.4 Å². The summed E-state index contributed by atoms with van der Waals surface area (Å²) in [5.41, 5.74) is 4.88. The minimum absolute atomic E-state index is 0.00463. The Kier molecular flexibility index (Phi) is 5.24. The molecule has 0 spiro atoms. The fourth-order valence-electron chi connectivity index (χ4n) is 4.35. The van der Waals surface area contributed by atoms with Gasteiger partial charge in [-0.25, -0.2) is 9.48 Å². The highest BCUT2D eigenvalue weighted by atomic mass is 16.4. The molecule has 4 aromatic rings. The number of nitrogens with zero attached hydrogens (tertiary/aromatic N) is 6. The molecule has 0 unspecified atom stereocenters. The number of carboxylic acid groups (broad SMARTS) is 1. The first-order valence-electron chi connectivity index (χ1n) is 10.9. The topological polar surface area (TPSA) is 106 Å². The van der Waals surface area contributed by atoms with Crippen LogP contribution in [0.15, 0.2) is 60.9 Å². The van der Waals surface area contributed by atoms with Crippen LogP contribution in [-0.2, 0) is 7.05 Å². The molecule has 0 bridgehead atoms. The molecule has 5 rings (SSSR count). The van der Waals surface area contributed by atoms with Crippen LogP contribution in [0, 0.1) is 0 Å². The lowest BCUT2D eigenvalue weighted by Gasteiger charge is -2.13. The van der Waals surface area contributed by atoms with Gasteiger partial charge in [0.15, 0.2) is 0 Å². The Morgan fingerprint density at radius 2 is 1.79 bits per heavy atom. The molecule has 1 amide bonds. The molecule has 1 aliphatic rings. The second-order valence-electron chi connectivity index (χ2n) is 8.76. The van der Waals surface area contributed by atoms with E-state index in [1.165, 1.54) is 6.20 Å². The van der Waals surface area contributed by atoms with E-state index in [-0.39, 0.29) is 23.3 Å². The number of amides is 1. The van der Waals surface area contributed by atoms with Gasteiger partial charge in [-0.05, 0) is 41.8 Å². The van der Waals surface area contributed by atoms with Crippen LogP contribution in [0.1, 0.15) is 50.4 Å². The first-order chi connectivity index (χ1) is 16.3. The van der Waals surface area contributed by atoms with Crippen LogP contribution in [0.2, 0.25) is 0 Å². The van der Waals surface area contributed by atoms with E-state index in [1.54, 1.807) is 34.4 Å². The van der Waals surface area contributed by atoms with Crippen LogP contribution in [0.4, 0.5) is 0 Å². The third-order valence-electron chi connectivity index (χ3n) is 6.12. The zero-order chi connectivity index (χ0) is 24.0. The molecular formula is C25H24N6O3. The second kappa shape index (κ2) is 8.26. The van der Waals surface area contributed by atoms with Crippen LogP contribution >= 0.6 is 0 Å². The zero-order valence-corrected chi connectivity index (χ0v) is 19.1. The molecule has 2 atom stereocenters. The van der Waals surface area contributed by atoms with E-state index in [4.69, 9.17) is 0 Å². The summed E-state index contributed by atoms with van der Waals surface area (Å²) in [6, 6.07) is 15.2. The summed E-state index contributed by atoms with van der Waals surface area (Å²) in [5.74, 6) is -0.964. The Hall–Kier alpha value is -4.27. The average Bonchev–Trinajstić information content (AvgIpc) is 3.28. The van der Waals surface area contributed by atoms with Gasteiger partial charge in [0.1, 0.15) is 5.56 Å². The van der Waals surface area contributed by atoms with Crippen molar-refractivity contribution in [3.63, 3.8) is 0 Å². The molecule has 1 aliphatic carbocycles. The second-order valence-corrected chi connectivity index (χ2v) is 8.76. The standard InChI is InChI=1S/C25H24N6O3/c1-29(2)24(32)17-8-4-6-15(10-17)16-7-5-9-18(11-16)31-23(21(13-26-31)25(33)34)20-12-19(20)22-14-30(3)28-27-22/h4-11,13-14,19-20H,12H2,1-3H3,(H,33,34)/t19-,20-/m1/s1. The molecule has 1 N–H and O–H groups in total. The molecule has 0 saturated heterocycles. The van der Waals surface area contributed by atoms with E-state index in [9.17, 15) is 14.7 Å². The number of aromatic nitrogens is 5. The van der Waals surface area contributed by atoms with Gasteiger partial charge in [0.05, 0.1) is 23.3 Å². The van der Waals surface area contributed by atoms with Gasteiger partial charge < -0.3 is 10.0 Å². The molecule has 1 saturated carbocycles. The van der Waals surface area contributed by atoms with Crippen molar-refractivity contribution in [3.8, 4) is 16.8 Å². The maximum absolute atomic E-state index is 12.4. The van der Waals surface area contributed by atoms with Gasteiger partial charge >= 0.3 is 5.97 Å². The van der Waals surface area contributed by atoms with Crippen molar-refractivity contribution < 1.29 is 14.7 Å². The van der Waals surface area contributed by atoms with Gasteiger partial charge in [-0.1, -0.05) is 29.5 Å². The summed E-state index contributed by atoms with van der Waals surface area (Å²) in [5, 5.41) is 22.5. The quantitative estimate of drug-likeness (QED) is 0.477. The van der Waals surface area contributed by atoms with Gasteiger partial charge in [-0.3, -0.25) is 9.48 Å². The third-order valence-corrected chi connectivity index (χ3v) is 6.12. The number of hydrogen-bond donors (Lipinski definition) is 1. The van der Waals surface area contributed by atoms with Crippen molar-refractivity contribution in [2.75, 3.05) is 14.1 Å². The number of benzene rings is 2. The van der Waals surface area contributed by atoms with Gasteiger partial charge in [-0.15, -0.1) is 5.10 Å². The lowest BCUT2D eigenvalue weighted by molar-refractivity contribution is 0.0695. The summed E-state index contributed by atoms with van der Waals surface area (Å²) in [6.07, 6.45) is 4.07. The highest BCUT2D eigenvalue weighted by Gasteiger charge is 2.46. The summed E-state index contributed by atoms with van der Waals surface area (Å²) in [4.78, 5) is 25.9. The summed E-state index contributed by atoms with van der Waals surface area (Å²) in [7, 11) is 5.26. The highest BCUT2D eigenvalue weighted by Crippen LogP contribution is 2.55. The van der Waals surface area contributed by atoms with Crippen LogP contribution in [-0.4, -0.2) is 60.8 Å². The molecular weight excluding hydrogens is 432 g/mol. The van der Waals surface area contributed by atoms with E-state index in [1.807, 2.05) is 55.7 Å². The van der Waals surface area contributed by atoms with E-state index >= 15 is 0 Å². The molecule has 2 aromatic carbocycles. The predicted octanol–water partition coefficient (Wildman–Crippen LogP) is 3.34. The molecule has 2 aromatic heterocycles. The smallest absolute Gasteiger partial charge is 0.339 e. The van der Waals surface area contributed by atoms with Crippen LogP contribution in [0.5, 0.6) is 0 Å².